The average molecular weight is 385 g/mol. The smallest absolute Gasteiger partial charge is 0.303 e. The summed E-state index contributed by atoms with van der Waals surface area (Å²) in [5, 5.41) is 8.71. The SMILES string of the molecule is CCCCCCC[S+]([O-])C[C@@H]1[C@@H]2CC[C@@H](C2)[C@@H]1CCCCCCC(=O)O. The van der Waals surface area contributed by atoms with Crippen molar-refractivity contribution in [3.63, 3.8) is 0 Å². The molecule has 1 N–H and O–H groups in total. The molecular formula is C22H40O3S. The highest BCUT2D eigenvalue weighted by Crippen LogP contribution is 2.54. The van der Waals surface area contributed by atoms with E-state index in [1.807, 2.05) is 0 Å². The van der Waals surface area contributed by atoms with Crippen LogP contribution in [0.3, 0.4) is 0 Å². The van der Waals surface area contributed by atoms with Crippen molar-refractivity contribution in [3.8, 4) is 0 Å². The molecule has 0 aromatic carbocycles. The Morgan fingerprint density at radius 2 is 1.62 bits per heavy atom. The van der Waals surface area contributed by atoms with Gasteiger partial charge in [0, 0.05) is 12.3 Å². The quantitative estimate of drug-likeness (QED) is 0.287. The number of aliphatic carboxylic acids is 1. The molecule has 152 valence electrons. The van der Waals surface area contributed by atoms with Gasteiger partial charge >= 0.3 is 5.97 Å². The van der Waals surface area contributed by atoms with Crippen molar-refractivity contribution in [1.82, 2.24) is 0 Å². The van der Waals surface area contributed by atoms with Gasteiger partial charge in [-0.15, -0.1) is 0 Å². The summed E-state index contributed by atoms with van der Waals surface area (Å²) in [5.41, 5.74) is 0. The van der Waals surface area contributed by atoms with Gasteiger partial charge in [0.1, 0.15) is 11.5 Å². The first-order valence-corrected chi connectivity index (χ1v) is 12.7. The number of carbonyl (C=O) groups is 1. The van der Waals surface area contributed by atoms with E-state index in [0.717, 1.165) is 54.9 Å². The molecule has 2 aliphatic rings. The van der Waals surface area contributed by atoms with Gasteiger partial charge in [-0.1, -0.05) is 56.6 Å². The fourth-order valence-electron chi connectivity index (χ4n) is 5.41. The van der Waals surface area contributed by atoms with E-state index in [4.69, 9.17) is 5.11 Å². The Balaban J connectivity index is 1.64. The molecule has 1 unspecified atom stereocenters. The predicted molar refractivity (Wildman–Crippen MR) is 110 cm³/mol. The molecule has 0 spiro atoms. The molecule has 2 fully saturated rings. The molecule has 5 atom stereocenters. The van der Waals surface area contributed by atoms with E-state index in [-0.39, 0.29) is 0 Å². The molecule has 2 bridgehead atoms. The van der Waals surface area contributed by atoms with Crippen LogP contribution in [0.25, 0.3) is 0 Å². The maximum Gasteiger partial charge on any atom is 0.303 e. The zero-order valence-corrected chi connectivity index (χ0v) is 17.6. The number of fused-ring (bicyclic) bond motifs is 2. The van der Waals surface area contributed by atoms with Gasteiger partial charge in [0.25, 0.3) is 0 Å². The molecule has 2 aliphatic carbocycles. The Kier molecular flexibility index (Phi) is 10.4. The van der Waals surface area contributed by atoms with E-state index in [0.29, 0.717) is 12.3 Å². The summed E-state index contributed by atoms with van der Waals surface area (Å²) in [5.74, 6) is 4.46. The minimum absolute atomic E-state index is 0.313. The lowest BCUT2D eigenvalue weighted by molar-refractivity contribution is -0.137. The molecule has 0 aromatic heterocycles. The first-order valence-electron chi connectivity index (χ1n) is 11.2. The zero-order chi connectivity index (χ0) is 18.8. The topological polar surface area (TPSA) is 60.4 Å². The minimum Gasteiger partial charge on any atom is -0.616 e. The summed E-state index contributed by atoms with van der Waals surface area (Å²) in [7, 11) is 0. The monoisotopic (exact) mass is 384 g/mol. The molecule has 26 heavy (non-hydrogen) atoms. The van der Waals surface area contributed by atoms with Gasteiger partial charge in [-0.2, -0.15) is 0 Å². The third-order valence-electron chi connectivity index (χ3n) is 6.81. The molecule has 0 saturated heterocycles. The Bertz CT molecular complexity index is 401. The minimum atomic E-state index is -0.671. The number of hydrogen-bond acceptors (Lipinski definition) is 2. The standard InChI is InChI=1S/C22H40O3S/c1-2-3-4-7-10-15-26(25)17-21-19-14-13-18(16-19)20(21)11-8-5-6-9-12-22(23)24/h18-21H,2-17H2,1H3,(H,23,24)/t18-,19+,20-,21+,26?/m0/s1. The van der Waals surface area contributed by atoms with Gasteiger partial charge in [-0.05, 0) is 62.7 Å². The molecule has 2 rings (SSSR count). The fourth-order valence-corrected chi connectivity index (χ4v) is 7.05. The lowest BCUT2D eigenvalue weighted by Crippen LogP contribution is -2.30. The van der Waals surface area contributed by atoms with Gasteiger partial charge in [0.05, 0.1) is 0 Å². The second-order valence-electron chi connectivity index (χ2n) is 8.73. The van der Waals surface area contributed by atoms with Crippen molar-refractivity contribution in [2.75, 3.05) is 11.5 Å². The van der Waals surface area contributed by atoms with E-state index in [9.17, 15) is 9.35 Å². The maximum atomic E-state index is 12.6. The number of hydrogen-bond donors (Lipinski definition) is 1. The van der Waals surface area contributed by atoms with Gasteiger partial charge in [0.2, 0.25) is 0 Å². The molecule has 0 amide bonds. The zero-order valence-electron chi connectivity index (χ0n) is 16.8. The first-order chi connectivity index (χ1) is 12.6. The number of rotatable bonds is 15. The Morgan fingerprint density at radius 3 is 2.35 bits per heavy atom. The van der Waals surface area contributed by atoms with Crippen LogP contribution >= 0.6 is 0 Å². The van der Waals surface area contributed by atoms with E-state index < -0.39 is 17.1 Å². The summed E-state index contributed by atoms with van der Waals surface area (Å²) < 4.78 is 12.6. The Labute approximate surface area is 163 Å². The molecule has 2 saturated carbocycles. The van der Waals surface area contributed by atoms with Crippen LogP contribution in [0.1, 0.15) is 96.8 Å². The largest absolute Gasteiger partial charge is 0.616 e. The third-order valence-corrected chi connectivity index (χ3v) is 8.31. The maximum absolute atomic E-state index is 12.6. The van der Waals surface area contributed by atoms with Crippen LogP contribution in [0, 0.1) is 23.7 Å². The van der Waals surface area contributed by atoms with Gasteiger partial charge in [-0.3, -0.25) is 4.79 Å². The molecule has 3 nitrogen and oxygen atoms in total. The summed E-state index contributed by atoms with van der Waals surface area (Å²) in [6.45, 7) is 2.24. The van der Waals surface area contributed by atoms with Crippen LogP contribution in [-0.2, 0) is 16.0 Å². The Morgan fingerprint density at radius 1 is 0.962 bits per heavy atom. The summed E-state index contributed by atoms with van der Waals surface area (Å²) in [6, 6.07) is 0. The number of carboxylic acid groups (broad SMARTS) is 1. The van der Waals surface area contributed by atoms with Crippen molar-refractivity contribution in [1.29, 1.82) is 0 Å². The number of unbranched alkanes of at least 4 members (excludes halogenated alkanes) is 7. The summed E-state index contributed by atoms with van der Waals surface area (Å²) in [6.07, 6.45) is 16.3. The van der Waals surface area contributed by atoms with Crippen LogP contribution in [0.2, 0.25) is 0 Å². The van der Waals surface area contributed by atoms with Crippen LogP contribution in [0.4, 0.5) is 0 Å². The normalized spacial score (nSPS) is 28.5. The lowest BCUT2D eigenvalue weighted by Gasteiger charge is -2.31. The fraction of sp³-hybridized carbons (Fsp3) is 0.955. The lowest BCUT2D eigenvalue weighted by atomic mass is 9.77. The van der Waals surface area contributed by atoms with Gasteiger partial charge in [-0.25, -0.2) is 0 Å². The van der Waals surface area contributed by atoms with Crippen LogP contribution in [-0.4, -0.2) is 27.1 Å². The van der Waals surface area contributed by atoms with Crippen molar-refractivity contribution >= 4 is 17.1 Å². The summed E-state index contributed by atoms with van der Waals surface area (Å²) >= 11 is -0.619. The Hall–Kier alpha value is -0.220. The molecular weight excluding hydrogens is 344 g/mol. The molecule has 4 heteroatoms. The highest BCUT2D eigenvalue weighted by atomic mass is 32.2. The second kappa shape index (κ2) is 12.3. The highest BCUT2D eigenvalue weighted by molar-refractivity contribution is 7.91. The van der Waals surface area contributed by atoms with Crippen LogP contribution < -0.4 is 0 Å². The van der Waals surface area contributed by atoms with Crippen LogP contribution in [0.15, 0.2) is 0 Å². The third kappa shape index (κ3) is 7.42. The average Bonchev–Trinajstić information content (AvgIpc) is 3.20. The van der Waals surface area contributed by atoms with E-state index >= 15 is 0 Å². The molecule has 0 aromatic rings. The van der Waals surface area contributed by atoms with Crippen molar-refractivity contribution in [3.05, 3.63) is 0 Å². The van der Waals surface area contributed by atoms with E-state index in [1.54, 1.807) is 0 Å². The molecule has 0 radical (unpaired) electrons. The summed E-state index contributed by atoms with van der Waals surface area (Å²) in [4.78, 5) is 10.6. The van der Waals surface area contributed by atoms with E-state index in [2.05, 4.69) is 6.92 Å². The molecule has 0 aliphatic heterocycles. The van der Waals surface area contributed by atoms with Gasteiger partial charge < -0.3 is 9.66 Å². The van der Waals surface area contributed by atoms with Gasteiger partial charge in [0.15, 0.2) is 0 Å². The second-order valence-corrected chi connectivity index (χ2v) is 10.4. The highest BCUT2D eigenvalue weighted by Gasteiger charge is 2.48. The van der Waals surface area contributed by atoms with Crippen molar-refractivity contribution < 1.29 is 14.5 Å². The van der Waals surface area contributed by atoms with Crippen molar-refractivity contribution in [2.24, 2.45) is 23.7 Å². The number of carboxylic acids is 1. The first kappa shape index (κ1) is 22.1. The van der Waals surface area contributed by atoms with Crippen molar-refractivity contribution in [2.45, 2.75) is 96.8 Å². The predicted octanol–water partition coefficient (Wildman–Crippen LogP) is 5.79. The van der Waals surface area contributed by atoms with E-state index in [1.165, 1.54) is 57.8 Å². The van der Waals surface area contributed by atoms with Crippen LogP contribution in [0.5, 0.6) is 0 Å². The molecule has 0 heterocycles.